The van der Waals surface area contributed by atoms with E-state index < -0.39 is 0 Å². The molecule has 0 spiro atoms. The Labute approximate surface area is 127 Å². The summed E-state index contributed by atoms with van der Waals surface area (Å²) in [6.07, 6.45) is 0. The van der Waals surface area contributed by atoms with Crippen molar-refractivity contribution in [1.29, 1.82) is 0 Å². The predicted molar refractivity (Wildman–Crippen MR) is 87.0 cm³/mol. The summed E-state index contributed by atoms with van der Waals surface area (Å²) in [5.41, 5.74) is 3.95. The van der Waals surface area contributed by atoms with Crippen molar-refractivity contribution in [2.45, 2.75) is 0 Å². The van der Waals surface area contributed by atoms with E-state index >= 15 is 0 Å². The van der Waals surface area contributed by atoms with Gasteiger partial charge in [0, 0.05) is 10.9 Å². The SMILES string of the molecule is Fc1ccc(-c2ccc3oc(-c4ccccc4)cc3c2)cc1. The Kier molecular flexibility index (Phi) is 3.01. The second kappa shape index (κ2) is 5.15. The number of benzene rings is 3. The molecule has 0 atom stereocenters. The molecule has 3 aromatic carbocycles. The van der Waals surface area contributed by atoms with Crippen molar-refractivity contribution in [3.8, 4) is 22.5 Å². The molecule has 0 unspecified atom stereocenters. The average Bonchev–Trinajstić information content (AvgIpc) is 2.99. The van der Waals surface area contributed by atoms with Crippen LogP contribution < -0.4 is 0 Å². The Morgan fingerprint density at radius 2 is 1.36 bits per heavy atom. The third-order valence-electron chi connectivity index (χ3n) is 3.75. The van der Waals surface area contributed by atoms with Crippen LogP contribution in [0.15, 0.2) is 83.3 Å². The molecule has 22 heavy (non-hydrogen) atoms. The molecule has 0 bridgehead atoms. The third-order valence-corrected chi connectivity index (χ3v) is 3.75. The Morgan fingerprint density at radius 3 is 2.14 bits per heavy atom. The van der Waals surface area contributed by atoms with Crippen LogP contribution in [-0.2, 0) is 0 Å². The van der Waals surface area contributed by atoms with Crippen LogP contribution in [0.4, 0.5) is 4.39 Å². The number of halogens is 1. The first-order valence-corrected chi connectivity index (χ1v) is 7.14. The Bertz CT molecular complexity index is 921. The van der Waals surface area contributed by atoms with E-state index in [9.17, 15) is 4.39 Å². The Morgan fingerprint density at radius 1 is 0.636 bits per heavy atom. The van der Waals surface area contributed by atoms with Crippen LogP contribution in [0.1, 0.15) is 0 Å². The van der Waals surface area contributed by atoms with Gasteiger partial charge >= 0.3 is 0 Å². The number of fused-ring (bicyclic) bond motifs is 1. The highest BCUT2D eigenvalue weighted by Gasteiger charge is 2.07. The van der Waals surface area contributed by atoms with E-state index in [0.29, 0.717) is 0 Å². The molecule has 4 rings (SSSR count). The third kappa shape index (κ3) is 2.29. The first-order chi connectivity index (χ1) is 10.8. The smallest absolute Gasteiger partial charge is 0.135 e. The van der Waals surface area contributed by atoms with Crippen LogP contribution in [0.25, 0.3) is 33.4 Å². The molecule has 4 aromatic rings. The van der Waals surface area contributed by atoms with Crippen LogP contribution in [0, 0.1) is 5.82 Å². The second-order valence-corrected chi connectivity index (χ2v) is 5.24. The van der Waals surface area contributed by atoms with Gasteiger partial charge in [-0.05, 0) is 41.5 Å². The minimum absolute atomic E-state index is 0.223. The normalized spacial score (nSPS) is 11.0. The molecule has 1 heterocycles. The number of hydrogen-bond donors (Lipinski definition) is 0. The van der Waals surface area contributed by atoms with E-state index in [1.807, 2.05) is 48.5 Å². The molecule has 0 fully saturated rings. The van der Waals surface area contributed by atoms with Crippen molar-refractivity contribution < 1.29 is 8.81 Å². The summed E-state index contributed by atoms with van der Waals surface area (Å²) in [5.74, 6) is 0.631. The molecular weight excluding hydrogens is 275 g/mol. The van der Waals surface area contributed by atoms with Gasteiger partial charge in [-0.3, -0.25) is 0 Å². The van der Waals surface area contributed by atoms with E-state index in [2.05, 4.69) is 6.07 Å². The van der Waals surface area contributed by atoms with Crippen molar-refractivity contribution >= 4 is 11.0 Å². The number of rotatable bonds is 2. The zero-order valence-corrected chi connectivity index (χ0v) is 11.8. The fourth-order valence-corrected chi connectivity index (χ4v) is 2.61. The van der Waals surface area contributed by atoms with Gasteiger partial charge in [-0.15, -0.1) is 0 Å². The topological polar surface area (TPSA) is 13.1 Å². The Balaban J connectivity index is 1.80. The molecule has 0 N–H and O–H groups in total. The van der Waals surface area contributed by atoms with Crippen LogP contribution in [-0.4, -0.2) is 0 Å². The second-order valence-electron chi connectivity index (χ2n) is 5.24. The number of hydrogen-bond acceptors (Lipinski definition) is 1. The summed E-state index contributed by atoms with van der Waals surface area (Å²) in [7, 11) is 0. The monoisotopic (exact) mass is 288 g/mol. The molecule has 0 saturated heterocycles. The highest BCUT2D eigenvalue weighted by atomic mass is 19.1. The average molecular weight is 288 g/mol. The van der Waals surface area contributed by atoms with Gasteiger partial charge in [-0.25, -0.2) is 4.39 Å². The van der Waals surface area contributed by atoms with E-state index in [0.717, 1.165) is 33.4 Å². The van der Waals surface area contributed by atoms with Gasteiger partial charge < -0.3 is 4.42 Å². The fourth-order valence-electron chi connectivity index (χ4n) is 2.61. The predicted octanol–water partition coefficient (Wildman–Crippen LogP) is 5.91. The van der Waals surface area contributed by atoms with Gasteiger partial charge in [0.05, 0.1) is 0 Å². The lowest BCUT2D eigenvalue weighted by Gasteiger charge is -2.01. The molecule has 0 radical (unpaired) electrons. The lowest BCUT2D eigenvalue weighted by atomic mass is 10.0. The maximum Gasteiger partial charge on any atom is 0.135 e. The van der Waals surface area contributed by atoms with Gasteiger partial charge in [0.1, 0.15) is 17.2 Å². The van der Waals surface area contributed by atoms with Gasteiger partial charge in [0.2, 0.25) is 0 Å². The van der Waals surface area contributed by atoms with Gasteiger partial charge in [-0.1, -0.05) is 48.5 Å². The molecule has 0 saturated carbocycles. The molecule has 1 nitrogen and oxygen atoms in total. The first-order valence-electron chi connectivity index (χ1n) is 7.14. The van der Waals surface area contributed by atoms with Crippen LogP contribution in [0.3, 0.4) is 0 Å². The summed E-state index contributed by atoms with van der Waals surface area (Å²) in [6.45, 7) is 0. The summed E-state index contributed by atoms with van der Waals surface area (Å²) in [5, 5.41) is 1.04. The summed E-state index contributed by atoms with van der Waals surface area (Å²) in [4.78, 5) is 0. The minimum Gasteiger partial charge on any atom is -0.456 e. The standard InChI is InChI=1S/C20H13FO/c21-18-9-6-14(7-10-18)16-8-11-19-17(12-16)13-20(22-19)15-4-2-1-3-5-15/h1-13H. The highest BCUT2D eigenvalue weighted by Crippen LogP contribution is 2.31. The minimum atomic E-state index is -0.223. The maximum absolute atomic E-state index is 13.0. The van der Waals surface area contributed by atoms with Crippen molar-refractivity contribution in [1.82, 2.24) is 0 Å². The highest BCUT2D eigenvalue weighted by molar-refractivity contribution is 5.87. The van der Waals surface area contributed by atoms with Gasteiger partial charge in [0.25, 0.3) is 0 Å². The zero-order valence-electron chi connectivity index (χ0n) is 11.8. The zero-order chi connectivity index (χ0) is 14.9. The van der Waals surface area contributed by atoms with Crippen LogP contribution in [0.5, 0.6) is 0 Å². The van der Waals surface area contributed by atoms with Crippen LogP contribution in [0.2, 0.25) is 0 Å². The van der Waals surface area contributed by atoms with E-state index in [1.165, 1.54) is 12.1 Å². The summed E-state index contributed by atoms with van der Waals surface area (Å²) in [6, 6.07) is 24.6. The molecule has 0 aliphatic heterocycles. The molecule has 0 aliphatic carbocycles. The van der Waals surface area contributed by atoms with E-state index in [4.69, 9.17) is 4.42 Å². The lowest BCUT2D eigenvalue weighted by molar-refractivity contribution is 0.628. The van der Waals surface area contributed by atoms with Crippen LogP contribution >= 0.6 is 0 Å². The summed E-state index contributed by atoms with van der Waals surface area (Å²) >= 11 is 0. The largest absolute Gasteiger partial charge is 0.456 e. The van der Waals surface area contributed by atoms with Crippen molar-refractivity contribution in [2.24, 2.45) is 0 Å². The fraction of sp³-hybridized carbons (Fsp3) is 0. The summed E-state index contributed by atoms with van der Waals surface area (Å²) < 4.78 is 18.9. The van der Waals surface area contributed by atoms with Crippen molar-refractivity contribution in [2.75, 3.05) is 0 Å². The molecule has 0 aliphatic rings. The quantitative estimate of drug-likeness (QED) is 0.447. The van der Waals surface area contributed by atoms with Gasteiger partial charge in [-0.2, -0.15) is 0 Å². The number of furan rings is 1. The van der Waals surface area contributed by atoms with E-state index in [-0.39, 0.29) is 5.82 Å². The maximum atomic E-state index is 13.0. The lowest BCUT2D eigenvalue weighted by Crippen LogP contribution is -1.78. The molecular formula is C20H13FO. The first kappa shape index (κ1) is 12.8. The Hall–Kier alpha value is -2.87. The van der Waals surface area contributed by atoms with Crippen molar-refractivity contribution in [3.63, 3.8) is 0 Å². The van der Waals surface area contributed by atoms with E-state index in [1.54, 1.807) is 12.1 Å². The molecule has 0 amide bonds. The van der Waals surface area contributed by atoms with Crippen molar-refractivity contribution in [3.05, 3.63) is 84.7 Å². The molecule has 106 valence electrons. The van der Waals surface area contributed by atoms with Gasteiger partial charge in [0.15, 0.2) is 0 Å². The molecule has 2 heteroatoms. The molecule has 1 aromatic heterocycles.